The van der Waals surface area contributed by atoms with Gasteiger partial charge in [0.05, 0.1) is 0 Å². The monoisotopic (exact) mass is 346 g/mol. The van der Waals surface area contributed by atoms with Crippen molar-refractivity contribution in [1.82, 2.24) is 10.6 Å². The SMILES string of the molecule is CCCCCC(C)NC(=NC)NCc1ccc(NC(=O)C(C)C)cc1. The molecule has 0 bridgehead atoms. The van der Waals surface area contributed by atoms with E-state index in [1.54, 1.807) is 7.05 Å². The van der Waals surface area contributed by atoms with Crippen molar-refractivity contribution < 1.29 is 4.79 Å². The van der Waals surface area contributed by atoms with Crippen LogP contribution in [0.25, 0.3) is 0 Å². The molecule has 5 nitrogen and oxygen atoms in total. The third-order valence-electron chi connectivity index (χ3n) is 4.05. The Bertz CT molecular complexity index is 537. The third-order valence-corrected chi connectivity index (χ3v) is 4.05. The van der Waals surface area contributed by atoms with Crippen LogP contribution in [-0.4, -0.2) is 25.0 Å². The topological polar surface area (TPSA) is 65.5 Å². The third kappa shape index (κ3) is 8.57. The second-order valence-corrected chi connectivity index (χ2v) is 6.81. The molecular formula is C20H34N4O. The number of nitrogens with zero attached hydrogens (tertiary/aromatic N) is 1. The van der Waals surface area contributed by atoms with E-state index in [9.17, 15) is 4.79 Å². The number of benzene rings is 1. The van der Waals surface area contributed by atoms with Gasteiger partial charge in [0.15, 0.2) is 5.96 Å². The lowest BCUT2D eigenvalue weighted by molar-refractivity contribution is -0.118. The van der Waals surface area contributed by atoms with Crippen LogP contribution >= 0.6 is 0 Å². The van der Waals surface area contributed by atoms with E-state index >= 15 is 0 Å². The van der Waals surface area contributed by atoms with Crippen molar-refractivity contribution in [2.24, 2.45) is 10.9 Å². The summed E-state index contributed by atoms with van der Waals surface area (Å²) in [6, 6.07) is 8.30. The second-order valence-electron chi connectivity index (χ2n) is 6.81. The Labute approximate surface area is 152 Å². The van der Waals surface area contributed by atoms with Gasteiger partial charge in [-0.25, -0.2) is 0 Å². The maximum absolute atomic E-state index is 11.7. The standard InChI is InChI=1S/C20H34N4O/c1-6-7-8-9-16(4)23-20(21-5)22-14-17-10-12-18(13-11-17)24-19(25)15(2)3/h10-13,15-16H,6-9,14H2,1-5H3,(H,24,25)(H2,21,22,23). The molecule has 1 aromatic carbocycles. The van der Waals surface area contributed by atoms with Gasteiger partial charge in [-0.1, -0.05) is 52.2 Å². The van der Waals surface area contributed by atoms with E-state index in [4.69, 9.17) is 0 Å². The lowest BCUT2D eigenvalue weighted by atomic mass is 10.1. The van der Waals surface area contributed by atoms with Crippen LogP contribution in [0.3, 0.4) is 0 Å². The van der Waals surface area contributed by atoms with Gasteiger partial charge in [0.2, 0.25) is 5.91 Å². The highest BCUT2D eigenvalue weighted by Gasteiger charge is 2.07. The van der Waals surface area contributed by atoms with Crippen LogP contribution in [0.4, 0.5) is 5.69 Å². The highest BCUT2D eigenvalue weighted by molar-refractivity contribution is 5.92. The molecule has 0 aliphatic rings. The normalized spacial score (nSPS) is 12.8. The number of carbonyl (C=O) groups is 1. The number of rotatable bonds is 9. The molecule has 5 heteroatoms. The number of amides is 1. The average molecular weight is 347 g/mol. The summed E-state index contributed by atoms with van der Waals surface area (Å²) >= 11 is 0. The summed E-state index contributed by atoms with van der Waals surface area (Å²) in [7, 11) is 1.79. The number of unbranched alkanes of at least 4 members (excludes halogenated alkanes) is 2. The molecule has 140 valence electrons. The zero-order valence-corrected chi connectivity index (χ0v) is 16.4. The van der Waals surface area contributed by atoms with Crippen LogP contribution in [0.15, 0.2) is 29.3 Å². The number of nitrogens with one attached hydrogen (secondary N) is 3. The summed E-state index contributed by atoms with van der Waals surface area (Å²) in [6.07, 6.45) is 4.91. The summed E-state index contributed by atoms with van der Waals surface area (Å²) in [5.74, 6) is 0.837. The van der Waals surface area contributed by atoms with E-state index in [1.807, 2.05) is 38.1 Å². The van der Waals surface area contributed by atoms with E-state index in [-0.39, 0.29) is 11.8 Å². The summed E-state index contributed by atoms with van der Waals surface area (Å²) in [4.78, 5) is 16.0. The van der Waals surface area contributed by atoms with Crippen molar-refractivity contribution in [3.8, 4) is 0 Å². The van der Waals surface area contributed by atoms with Crippen molar-refractivity contribution in [3.63, 3.8) is 0 Å². The molecule has 0 aromatic heterocycles. The van der Waals surface area contributed by atoms with E-state index in [2.05, 4.69) is 34.8 Å². The molecule has 1 unspecified atom stereocenters. The van der Waals surface area contributed by atoms with E-state index < -0.39 is 0 Å². The van der Waals surface area contributed by atoms with Crippen molar-refractivity contribution >= 4 is 17.6 Å². The Kier molecular flexibility index (Phi) is 9.66. The molecule has 0 heterocycles. The van der Waals surface area contributed by atoms with E-state index in [0.29, 0.717) is 12.6 Å². The molecule has 0 saturated carbocycles. The molecule has 0 fully saturated rings. The molecule has 1 atom stereocenters. The Morgan fingerprint density at radius 3 is 2.36 bits per heavy atom. The Morgan fingerprint density at radius 2 is 1.80 bits per heavy atom. The maximum Gasteiger partial charge on any atom is 0.226 e. The fourth-order valence-electron chi connectivity index (χ4n) is 2.38. The molecule has 1 aromatic rings. The minimum Gasteiger partial charge on any atom is -0.354 e. The van der Waals surface area contributed by atoms with Crippen molar-refractivity contribution in [1.29, 1.82) is 0 Å². The van der Waals surface area contributed by atoms with Gasteiger partial charge < -0.3 is 16.0 Å². The van der Waals surface area contributed by atoms with Crippen LogP contribution in [-0.2, 0) is 11.3 Å². The van der Waals surface area contributed by atoms with Crippen molar-refractivity contribution in [2.45, 2.75) is 66.0 Å². The summed E-state index contributed by atoms with van der Waals surface area (Å²) in [5.41, 5.74) is 1.97. The predicted molar refractivity (Wildman–Crippen MR) is 107 cm³/mol. The van der Waals surface area contributed by atoms with Gasteiger partial charge in [-0.15, -0.1) is 0 Å². The summed E-state index contributed by atoms with van der Waals surface area (Å²) in [6.45, 7) is 8.87. The first-order valence-electron chi connectivity index (χ1n) is 9.33. The quantitative estimate of drug-likeness (QED) is 0.361. The fraction of sp³-hybridized carbons (Fsp3) is 0.600. The number of hydrogen-bond acceptors (Lipinski definition) is 2. The predicted octanol–water partition coefficient (Wildman–Crippen LogP) is 3.91. The van der Waals surface area contributed by atoms with Gasteiger partial charge >= 0.3 is 0 Å². The average Bonchev–Trinajstić information content (AvgIpc) is 2.59. The molecule has 1 amide bonds. The maximum atomic E-state index is 11.7. The van der Waals surface area contributed by atoms with Gasteiger partial charge in [0, 0.05) is 31.2 Å². The van der Waals surface area contributed by atoms with Gasteiger partial charge in [-0.05, 0) is 31.0 Å². The highest BCUT2D eigenvalue weighted by Crippen LogP contribution is 2.11. The molecule has 1 rings (SSSR count). The zero-order valence-electron chi connectivity index (χ0n) is 16.4. The number of carbonyl (C=O) groups excluding carboxylic acids is 1. The molecule has 0 aliphatic carbocycles. The van der Waals surface area contributed by atoms with Crippen LogP contribution in [0.1, 0.15) is 58.9 Å². The van der Waals surface area contributed by atoms with E-state index in [1.165, 1.54) is 19.3 Å². The molecule has 0 saturated heterocycles. The molecule has 0 spiro atoms. The fourth-order valence-corrected chi connectivity index (χ4v) is 2.38. The molecular weight excluding hydrogens is 312 g/mol. The number of anilines is 1. The van der Waals surface area contributed by atoms with Crippen LogP contribution < -0.4 is 16.0 Å². The van der Waals surface area contributed by atoms with Gasteiger partial charge in [-0.3, -0.25) is 9.79 Å². The van der Waals surface area contributed by atoms with Crippen LogP contribution in [0.2, 0.25) is 0 Å². The molecule has 3 N–H and O–H groups in total. The molecule has 0 aliphatic heterocycles. The summed E-state index contributed by atoms with van der Waals surface area (Å²) in [5, 5.41) is 9.66. The second kappa shape index (κ2) is 11.5. The Morgan fingerprint density at radius 1 is 1.12 bits per heavy atom. The molecule has 25 heavy (non-hydrogen) atoms. The van der Waals surface area contributed by atoms with E-state index in [0.717, 1.165) is 23.6 Å². The smallest absolute Gasteiger partial charge is 0.226 e. The van der Waals surface area contributed by atoms with Gasteiger partial charge in [0.1, 0.15) is 0 Å². The van der Waals surface area contributed by atoms with Crippen molar-refractivity contribution in [2.75, 3.05) is 12.4 Å². The first-order chi connectivity index (χ1) is 12.0. The first kappa shape index (κ1) is 21.0. The number of guanidine groups is 1. The lowest BCUT2D eigenvalue weighted by Gasteiger charge is -2.18. The van der Waals surface area contributed by atoms with Crippen molar-refractivity contribution in [3.05, 3.63) is 29.8 Å². The largest absolute Gasteiger partial charge is 0.354 e. The Hall–Kier alpha value is -2.04. The zero-order chi connectivity index (χ0) is 18.7. The van der Waals surface area contributed by atoms with Gasteiger partial charge in [-0.2, -0.15) is 0 Å². The first-order valence-corrected chi connectivity index (χ1v) is 9.33. The minimum atomic E-state index is -0.0185. The molecule has 0 radical (unpaired) electrons. The van der Waals surface area contributed by atoms with Gasteiger partial charge in [0.25, 0.3) is 0 Å². The Balaban J connectivity index is 2.43. The van der Waals surface area contributed by atoms with Crippen LogP contribution in [0.5, 0.6) is 0 Å². The minimum absolute atomic E-state index is 0.0185. The van der Waals surface area contributed by atoms with Crippen LogP contribution in [0, 0.1) is 5.92 Å². The number of aliphatic imine (C=N–C) groups is 1. The highest BCUT2D eigenvalue weighted by atomic mass is 16.1. The number of hydrogen-bond donors (Lipinski definition) is 3. The lowest BCUT2D eigenvalue weighted by Crippen LogP contribution is -2.41. The summed E-state index contributed by atoms with van der Waals surface area (Å²) < 4.78 is 0.